The smallest absolute Gasteiger partial charge is 0.307 e. The number of nitrogens with zero attached hydrogens (tertiary/aromatic N) is 5. The number of benzene rings is 1. The monoisotopic (exact) mass is 340 g/mol. The standard InChI is InChI=1S/C16H16N6O3/c1-20-9-13(7-18-20)6-17-16(23)14-4-2-12(3-5-14)10-21-11-15(8-19-21)22(24)25/h2-5,7-9,11H,6,10H2,1H3,(H,17,23). The van der Waals surface area contributed by atoms with Crippen LogP contribution in [0, 0.1) is 10.1 Å². The first-order valence-electron chi connectivity index (χ1n) is 7.53. The van der Waals surface area contributed by atoms with Crippen molar-refractivity contribution in [2.24, 2.45) is 7.05 Å². The van der Waals surface area contributed by atoms with Gasteiger partial charge in [0.1, 0.15) is 12.4 Å². The Morgan fingerprint density at radius 1 is 1.16 bits per heavy atom. The average molecular weight is 340 g/mol. The summed E-state index contributed by atoms with van der Waals surface area (Å²) in [5, 5.41) is 21.5. The molecule has 0 fully saturated rings. The quantitative estimate of drug-likeness (QED) is 0.540. The Labute approximate surface area is 143 Å². The molecule has 128 valence electrons. The van der Waals surface area contributed by atoms with Crippen molar-refractivity contribution in [3.63, 3.8) is 0 Å². The summed E-state index contributed by atoms with van der Waals surface area (Å²) in [5.74, 6) is -0.176. The average Bonchev–Trinajstić information content (AvgIpc) is 3.22. The fourth-order valence-electron chi connectivity index (χ4n) is 2.33. The topological polar surface area (TPSA) is 108 Å². The van der Waals surface area contributed by atoms with Crippen molar-refractivity contribution in [1.29, 1.82) is 0 Å². The lowest BCUT2D eigenvalue weighted by atomic mass is 10.1. The van der Waals surface area contributed by atoms with Gasteiger partial charge in [-0.05, 0) is 17.7 Å². The number of nitro groups is 1. The molecule has 9 heteroatoms. The number of aromatic nitrogens is 4. The predicted octanol–water partition coefficient (Wildman–Crippen LogP) is 1.50. The summed E-state index contributed by atoms with van der Waals surface area (Å²) >= 11 is 0. The highest BCUT2D eigenvalue weighted by molar-refractivity contribution is 5.94. The fraction of sp³-hybridized carbons (Fsp3) is 0.188. The molecule has 0 saturated carbocycles. The van der Waals surface area contributed by atoms with Crippen LogP contribution in [0.25, 0.3) is 0 Å². The molecule has 0 saturated heterocycles. The van der Waals surface area contributed by atoms with E-state index in [1.165, 1.54) is 17.1 Å². The van der Waals surface area contributed by atoms with Gasteiger partial charge < -0.3 is 5.32 Å². The van der Waals surface area contributed by atoms with Gasteiger partial charge in [0.15, 0.2) is 0 Å². The molecule has 0 aliphatic carbocycles. The number of aryl methyl sites for hydroxylation is 1. The molecule has 0 spiro atoms. The third-order valence-corrected chi connectivity index (χ3v) is 3.60. The summed E-state index contributed by atoms with van der Waals surface area (Å²) in [6, 6.07) is 7.02. The minimum Gasteiger partial charge on any atom is -0.348 e. The van der Waals surface area contributed by atoms with Crippen molar-refractivity contribution in [3.05, 3.63) is 75.9 Å². The van der Waals surface area contributed by atoms with Gasteiger partial charge >= 0.3 is 5.69 Å². The number of carbonyl (C=O) groups is 1. The minimum atomic E-state index is -0.487. The van der Waals surface area contributed by atoms with Crippen molar-refractivity contribution in [2.75, 3.05) is 0 Å². The summed E-state index contributed by atoms with van der Waals surface area (Å²) in [5.41, 5.74) is 2.31. The van der Waals surface area contributed by atoms with Crippen LogP contribution in [0.3, 0.4) is 0 Å². The second kappa shape index (κ2) is 6.95. The Bertz CT molecular complexity index is 897. The largest absolute Gasteiger partial charge is 0.348 e. The molecule has 2 heterocycles. The molecule has 9 nitrogen and oxygen atoms in total. The van der Waals surface area contributed by atoms with Gasteiger partial charge in [0.2, 0.25) is 0 Å². The number of nitrogens with one attached hydrogen (secondary N) is 1. The van der Waals surface area contributed by atoms with E-state index >= 15 is 0 Å². The van der Waals surface area contributed by atoms with Crippen LogP contribution in [-0.2, 0) is 20.1 Å². The van der Waals surface area contributed by atoms with Crippen LogP contribution in [-0.4, -0.2) is 30.4 Å². The molecule has 0 radical (unpaired) electrons. The van der Waals surface area contributed by atoms with Crippen molar-refractivity contribution in [1.82, 2.24) is 24.9 Å². The molecule has 0 unspecified atom stereocenters. The highest BCUT2D eigenvalue weighted by Gasteiger charge is 2.10. The minimum absolute atomic E-state index is 0.0496. The molecule has 1 amide bonds. The first-order chi connectivity index (χ1) is 12.0. The van der Waals surface area contributed by atoms with E-state index in [0.717, 1.165) is 11.1 Å². The maximum atomic E-state index is 12.1. The highest BCUT2D eigenvalue weighted by atomic mass is 16.6. The van der Waals surface area contributed by atoms with Crippen LogP contribution in [0.5, 0.6) is 0 Å². The molecule has 0 atom stereocenters. The normalized spacial score (nSPS) is 10.6. The molecule has 1 aromatic carbocycles. The molecule has 0 aliphatic heterocycles. The van der Waals surface area contributed by atoms with Crippen molar-refractivity contribution >= 4 is 11.6 Å². The lowest BCUT2D eigenvalue weighted by Gasteiger charge is -2.05. The second-order valence-corrected chi connectivity index (χ2v) is 5.56. The van der Waals surface area contributed by atoms with E-state index in [2.05, 4.69) is 15.5 Å². The van der Waals surface area contributed by atoms with E-state index < -0.39 is 4.92 Å². The molecular formula is C16H16N6O3. The lowest BCUT2D eigenvalue weighted by molar-refractivity contribution is -0.385. The van der Waals surface area contributed by atoms with Crippen LogP contribution < -0.4 is 5.32 Å². The third kappa shape index (κ3) is 4.08. The summed E-state index contributed by atoms with van der Waals surface area (Å²) in [6.07, 6.45) is 6.12. The zero-order valence-electron chi connectivity index (χ0n) is 13.5. The molecule has 3 aromatic rings. The molecule has 2 aromatic heterocycles. The Morgan fingerprint density at radius 2 is 1.92 bits per heavy atom. The van der Waals surface area contributed by atoms with Crippen LogP contribution in [0.4, 0.5) is 5.69 Å². The van der Waals surface area contributed by atoms with Crippen molar-refractivity contribution in [3.8, 4) is 0 Å². The van der Waals surface area contributed by atoms with Gasteiger partial charge in [-0.1, -0.05) is 12.1 Å². The van der Waals surface area contributed by atoms with Gasteiger partial charge in [0.25, 0.3) is 5.91 Å². The maximum absolute atomic E-state index is 12.1. The van der Waals surface area contributed by atoms with Crippen LogP contribution in [0.2, 0.25) is 0 Å². The first-order valence-corrected chi connectivity index (χ1v) is 7.53. The van der Waals surface area contributed by atoms with Gasteiger partial charge in [-0.15, -0.1) is 0 Å². The van der Waals surface area contributed by atoms with Gasteiger partial charge in [-0.25, -0.2) is 0 Å². The Hall–Kier alpha value is -3.49. The van der Waals surface area contributed by atoms with E-state index in [4.69, 9.17) is 0 Å². The van der Waals surface area contributed by atoms with E-state index in [0.29, 0.717) is 18.7 Å². The lowest BCUT2D eigenvalue weighted by Crippen LogP contribution is -2.22. The molecule has 0 bridgehead atoms. The fourth-order valence-corrected chi connectivity index (χ4v) is 2.33. The van der Waals surface area contributed by atoms with Gasteiger partial charge in [0.05, 0.1) is 17.7 Å². The van der Waals surface area contributed by atoms with E-state index in [9.17, 15) is 14.9 Å². The second-order valence-electron chi connectivity index (χ2n) is 5.56. The van der Waals surface area contributed by atoms with E-state index in [1.54, 1.807) is 35.1 Å². The van der Waals surface area contributed by atoms with Crippen LogP contribution in [0.1, 0.15) is 21.5 Å². The Kier molecular flexibility index (Phi) is 4.55. The summed E-state index contributed by atoms with van der Waals surface area (Å²) in [4.78, 5) is 22.3. The number of hydrogen-bond acceptors (Lipinski definition) is 5. The molecule has 0 aliphatic rings. The van der Waals surface area contributed by atoms with Gasteiger partial charge in [-0.2, -0.15) is 10.2 Å². The van der Waals surface area contributed by atoms with E-state index in [1.807, 2.05) is 13.2 Å². The SMILES string of the molecule is Cn1cc(CNC(=O)c2ccc(Cn3cc([N+](=O)[O-])cn3)cc2)cn1. The van der Waals surface area contributed by atoms with E-state index in [-0.39, 0.29) is 11.6 Å². The summed E-state index contributed by atoms with van der Waals surface area (Å²) in [7, 11) is 1.82. The van der Waals surface area contributed by atoms with Gasteiger partial charge in [0, 0.05) is 30.9 Å². The zero-order chi connectivity index (χ0) is 17.8. The number of amides is 1. The first kappa shape index (κ1) is 16.4. The third-order valence-electron chi connectivity index (χ3n) is 3.60. The number of carbonyl (C=O) groups excluding carboxylic acids is 1. The zero-order valence-corrected chi connectivity index (χ0v) is 13.5. The van der Waals surface area contributed by atoms with Crippen LogP contribution >= 0.6 is 0 Å². The molecular weight excluding hydrogens is 324 g/mol. The summed E-state index contributed by atoms with van der Waals surface area (Å²) < 4.78 is 3.16. The van der Waals surface area contributed by atoms with Gasteiger partial charge in [-0.3, -0.25) is 24.3 Å². The molecule has 3 rings (SSSR count). The number of rotatable bonds is 6. The molecule has 1 N–H and O–H groups in total. The Balaban J connectivity index is 1.59. The van der Waals surface area contributed by atoms with Crippen LogP contribution in [0.15, 0.2) is 49.1 Å². The molecule has 25 heavy (non-hydrogen) atoms. The highest BCUT2D eigenvalue weighted by Crippen LogP contribution is 2.11. The van der Waals surface area contributed by atoms with Crippen molar-refractivity contribution in [2.45, 2.75) is 13.1 Å². The number of hydrogen-bond donors (Lipinski definition) is 1. The Morgan fingerprint density at radius 3 is 2.52 bits per heavy atom. The van der Waals surface area contributed by atoms with Crippen molar-refractivity contribution < 1.29 is 9.72 Å². The summed E-state index contributed by atoms with van der Waals surface area (Å²) in [6.45, 7) is 0.802. The predicted molar refractivity (Wildman–Crippen MR) is 88.8 cm³/mol. The maximum Gasteiger partial charge on any atom is 0.307 e.